The summed E-state index contributed by atoms with van der Waals surface area (Å²) in [5, 5.41) is 9.11. The number of hydrogen-bond donors (Lipinski definition) is 2. The van der Waals surface area contributed by atoms with Crippen LogP contribution in [0.3, 0.4) is 0 Å². The van der Waals surface area contributed by atoms with Gasteiger partial charge in [-0.05, 0) is 36.6 Å². The molecule has 1 rings (SSSR count). The van der Waals surface area contributed by atoms with Gasteiger partial charge in [0.1, 0.15) is 5.82 Å². The molecule has 0 aliphatic carbocycles. The Balaban J connectivity index is 3.23. The normalized spacial score (nSPS) is 15.2. The maximum absolute atomic E-state index is 13.0. The molecule has 1 aromatic rings. The van der Waals surface area contributed by atoms with E-state index < -0.39 is 5.54 Å². The fourth-order valence-electron chi connectivity index (χ4n) is 1.47. The molecule has 0 amide bonds. The van der Waals surface area contributed by atoms with E-state index in [1.165, 1.54) is 12.1 Å². The number of rotatable bonds is 3. The lowest BCUT2D eigenvalue weighted by Crippen LogP contribution is -2.38. The van der Waals surface area contributed by atoms with Gasteiger partial charge in [-0.2, -0.15) is 0 Å². The van der Waals surface area contributed by atoms with Gasteiger partial charge in [0.2, 0.25) is 0 Å². The first-order chi connectivity index (χ1) is 6.51. The van der Waals surface area contributed by atoms with Crippen LogP contribution >= 0.6 is 0 Å². The number of aryl methyl sites for hydroxylation is 1. The van der Waals surface area contributed by atoms with Crippen molar-refractivity contribution in [2.75, 3.05) is 6.61 Å². The Bertz CT molecular complexity index is 323. The first-order valence-corrected chi connectivity index (χ1v) is 4.70. The van der Waals surface area contributed by atoms with Crippen LogP contribution < -0.4 is 5.73 Å². The molecule has 0 heterocycles. The lowest BCUT2D eigenvalue weighted by Gasteiger charge is -2.25. The van der Waals surface area contributed by atoms with Gasteiger partial charge < -0.3 is 10.8 Å². The van der Waals surface area contributed by atoms with Gasteiger partial charge in [0, 0.05) is 0 Å². The fraction of sp³-hybridized carbons (Fsp3) is 0.455. The molecule has 3 heteroatoms. The summed E-state index contributed by atoms with van der Waals surface area (Å²) in [6, 6.07) is 4.52. The van der Waals surface area contributed by atoms with Crippen LogP contribution in [-0.2, 0) is 12.0 Å². The summed E-state index contributed by atoms with van der Waals surface area (Å²) >= 11 is 0. The predicted molar refractivity (Wildman–Crippen MR) is 54.4 cm³/mol. The molecule has 1 aromatic carbocycles. The summed E-state index contributed by atoms with van der Waals surface area (Å²) in [5.74, 6) is -0.317. The van der Waals surface area contributed by atoms with Crippen molar-refractivity contribution in [1.29, 1.82) is 0 Å². The van der Waals surface area contributed by atoms with Crippen LogP contribution in [0.2, 0.25) is 0 Å². The third kappa shape index (κ3) is 2.11. The van der Waals surface area contributed by atoms with E-state index in [2.05, 4.69) is 0 Å². The van der Waals surface area contributed by atoms with Crippen LogP contribution in [0.15, 0.2) is 18.2 Å². The van der Waals surface area contributed by atoms with Gasteiger partial charge in [0.15, 0.2) is 0 Å². The Morgan fingerprint density at radius 1 is 1.50 bits per heavy atom. The van der Waals surface area contributed by atoms with E-state index >= 15 is 0 Å². The zero-order valence-electron chi connectivity index (χ0n) is 8.55. The zero-order chi connectivity index (χ0) is 10.8. The lowest BCUT2D eigenvalue weighted by atomic mass is 9.89. The SMILES string of the molecule is CCc1ccc(F)cc1C(C)(N)CO. The summed E-state index contributed by atoms with van der Waals surface area (Å²) in [5.41, 5.74) is 6.66. The Hall–Kier alpha value is -0.930. The highest BCUT2D eigenvalue weighted by molar-refractivity contribution is 5.33. The van der Waals surface area contributed by atoms with Crippen LogP contribution in [-0.4, -0.2) is 11.7 Å². The summed E-state index contributed by atoms with van der Waals surface area (Å²) in [6.45, 7) is 3.48. The molecule has 14 heavy (non-hydrogen) atoms. The van der Waals surface area contributed by atoms with E-state index in [1.807, 2.05) is 6.92 Å². The van der Waals surface area contributed by atoms with Crippen molar-refractivity contribution in [3.8, 4) is 0 Å². The molecule has 0 saturated carbocycles. The van der Waals surface area contributed by atoms with Crippen molar-refractivity contribution < 1.29 is 9.50 Å². The average molecular weight is 197 g/mol. The molecule has 0 fully saturated rings. The smallest absolute Gasteiger partial charge is 0.123 e. The third-order valence-corrected chi connectivity index (χ3v) is 2.40. The highest BCUT2D eigenvalue weighted by Gasteiger charge is 2.23. The number of aliphatic hydroxyl groups is 1. The molecule has 0 aliphatic heterocycles. The molecule has 0 aliphatic rings. The Morgan fingerprint density at radius 2 is 2.14 bits per heavy atom. The standard InChI is InChI=1S/C11H16FNO/c1-3-8-4-5-9(12)6-10(8)11(2,13)7-14/h4-6,14H,3,7,13H2,1-2H3. The molecule has 78 valence electrons. The van der Waals surface area contributed by atoms with Gasteiger partial charge in [0.25, 0.3) is 0 Å². The lowest BCUT2D eigenvalue weighted by molar-refractivity contribution is 0.209. The number of aliphatic hydroxyl groups excluding tert-OH is 1. The number of benzene rings is 1. The summed E-state index contributed by atoms with van der Waals surface area (Å²) in [7, 11) is 0. The summed E-state index contributed by atoms with van der Waals surface area (Å²) in [4.78, 5) is 0. The van der Waals surface area contributed by atoms with Crippen molar-refractivity contribution in [2.45, 2.75) is 25.8 Å². The monoisotopic (exact) mass is 197 g/mol. The fourth-order valence-corrected chi connectivity index (χ4v) is 1.47. The minimum Gasteiger partial charge on any atom is -0.394 e. The van der Waals surface area contributed by atoms with Crippen LogP contribution in [0, 0.1) is 5.82 Å². The quantitative estimate of drug-likeness (QED) is 0.772. The van der Waals surface area contributed by atoms with Crippen molar-refractivity contribution in [1.82, 2.24) is 0 Å². The number of halogens is 1. The van der Waals surface area contributed by atoms with Crippen molar-refractivity contribution in [3.05, 3.63) is 35.1 Å². The van der Waals surface area contributed by atoms with E-state index in [-0.39, 0.29) is 12.4 Å². The number of nitrogens with two attached hydrogens (primary N) is 1. The van der Waals surface area contributed by atoms with E-state index in [0.717, 1.165) is 12.0 Å². The molecule has 0 radical (unpaired) electrons. The summed E-state index contributed by atoms with van der Waals surface area (Å²) in [6.07, 6.45) is 0.780. The molecular formula is C11H16FNO. The van der Waals surface area contributed by atoms with E-state index in [4.69, 9.17) is 10.8 Å². The van der Waals surface area contributed by atoms with Gasteiger partial charge in [-0.25, -0.2) is 4.39 Å². The molecule has 3 N–H and O–H groups in total. The second-order valence-corrected chi connectivity index (χ2v) is 3.73. The second-order valence-electron chi connectivity index (χ2n) is 3.73. The van der Waals surface area contributed by atoms with Crippen LogP contribution in [0.25, 0.3) is 0 Å². The molecular weight excluding hydrogens is 181 g/mol. The summed E-state index contributed by atoms with van der Waals surface area (Å²) < 4.78 is 13.0. The predicted octanol–water partition coefficient (Wildman–Crippen LogP) is 1.55. The van der Waals surface area contributed by atoms with Gasteiger partial charge in [-0.15, -0.1) is 0 Å². The molecule has 1 unspecified atom stereocenters. The number of hydrogen-bond acceptors (Lipinski definition) is 2. The molecule has 1 atom stereocenters. The zero-order valence-corrected chi connectivity index (χ0v) is 8.55. The van der Waals surface area contributed by atoms with Gasteiger partial charge in [-0.1, -0.05) is 13.0 Å². The van der Waals surface area contributed by atoms with Gasteiger partial charge in [-0.3, -0.25) is 0 Å². The molecule has 0 aromatic heterocycles. The minimum atomic E-state index is -0.868. The van der Waals surface area contributed by atoms with E-state index in [0.29, 0.717) is 5.56 Å². The van der Waals surface area contributed by atoms with Gasteiger partial charge in [0.05, 0.1) is 12.1 Å². The maximum atomic E-state index is 13.0. The average Bonchev–Trinajstić information content (AvgIpc) is 2.18. The minimum absolute atomic E-state index is 0.191. The molecule has 0 spiro atoms. The van der Waals surface area contributed by atoms with E-state index in [9.17, 15) is 4.39 Å². The first-order valence-electron chi connectivity index (χ1n) is 4.70. The highest BCUT2D eigenvalue weighted by atomic mass is 19.1. The maximum Gasteiger partial charge on any atom is 0.123 e. The molecule has 0 saturated heterocycles. The molecule has 0 bridgehead atoms. The van der Waals surface area contributed by atoms with Crippen LogP contribution in [0.5, 0.6) is 0 Å². The molecule has 2 nitrogen and oxygen atoms in total. The van der Waals surface area contributed by atoms with Crippen molar-refractivity contribution in [2.24, 2.45) is 5.73 Å². The van der Waals surface area contributed by atoms with Crippen LogP contribution in [0.1, 0.15) is 25.0 Å². The first kappa shape index (κ1) is 11.1. The Labute approximate surface area is 83.6 Å². The van der Waals surface area contributed by atoms with Crippen molar-refractivity contribution >= 4 is 0 Å². The Morgan fingerprint density at radius 3 is 2.64 bits per heavy atom. The largest absolute Gasteiger partial charge is 0.394 e. The Kier molecular flexibility index (Phi) is 3.24. The van der Waals surface area contributed by atoms with Crippen LogP contribution in [0.4, 0.5) is 4.39 Å². The topological polar surface area (TPSA) is 46.2 Å². The third-order valence-electron chi connectivity index (χ3n) is 2.40. The second kappa shape index (κ2) is 4.07. The van der Waals surface area contributed by atoms with Gasteiger partial charge >= 0.3 is 0 Å². The van der Waals surface area contributed by atoms with E-state index in [1.54, 1.807) is 13.0 Å². The van der Waals surface area contributed by atoms with Crippen molar-refractivity contribution in [3.63, 3.8) is 0 Å². The highest BCUT2D eigenvalue weighted by Crippen LogP contribution is 2.23.